The van der Waals surface area contributed by atoms with Gasteiger partial charge in [-0.3, -0.25) is 4.79 Å². The summed E-state index contributed by atoms with van der Waals surface area (Å²) < 4.78 is 5.69. The first-order valence-electron chi connectivity index (χ1n) is 7.87. The quantitative estimate of drug-likeness (QED) is 0.543. The van der Waals surface area contributed by atoms with E-state index in [1.807, 2.05) is 13.0 Å². The van der Waals surface area contributed by atoms with Gasteiger partial charge in [-0.25, -0.2) is 10.2 Å². The van der Waals surface area contributed by atoms with Crippen LogP contribution >= 0.6 is 0 Å². The lowest BCUT2D eigenvalue weighted by Gasteiger charge is -2.03. The van der Waals surface area contributed by atoms with E-state index in [-0.39, 0.29) is 11.5 Å². The molecule has 26 heavy (non-hydrogen) atoms. The number of rotatable bonds is 5. The van der Waals surface area contributed by atoms with Gasteiger partial charge in [0.15, 0.2) is 0 Å². The smallest absolute Gasteiger partial charge is 0.335 e. The molecular weight excluding hydrogens is 332 g/mol. The fourth-order valence-electron chi connectivity index (χ4n) is 2.45. The van der Waals surface area contributed by atoms with Gasteiger partial charge in [0, 0.05) is 11.1 Å². The van der Waals surface area contributed by atoms with Crippen molar-refractivity contribution < 1.29 is 19.1 Å². The molecule has 0 spiro atoms. The van der Waals surface area contributed by atoms with Crippen molar-refractivity contribution in [2.45, 2.75) is 6.92 Å². The van der Waals surface area contributed by atoms with Crippen molar-refractivity contribution in [2.75, 3.05) is 0 Å². The molecular formula is C20H16N2O4. The third kappa shape index (κ3) is 3.87. The molecule has 1 heterocycles. The molecule has 0 aliphatic rings. The van der Waals surface area contributed by atoms with E-state index in [9.17, 15) is 9.59 Å². The highest BCUT2D eigenvalue weighted by Gasteiger charge is 2.10. The summed E-state index contributed by atoms with van der Waals surface area (Å²) in [6.45, 7) is 1.82. The Balaban J connectivity index is 1.70. The third-order valence-corrected chi connectivity index (χ3v) is 3.76. The summed E-state index contributed by atoms with van der Waals surface area (Å²) in [4.78, 5) is 22.9. The molecule has 0 aliphatic carbocycles. The number of carboxylic acids is 1. The standard InChI is InChI=1S/C20H16N2O4/c1-13-11-15(20(24)25)7-9-17(13)18-10-8-16(26-18)12-21-22-19(23)14-5-3-2-4-6-14/h2-12H,1H3,(H,22,23)(H,24,25)/b21-12-. The molecule has 0 unspecified atom stereocenters. The Bertz CT molecular complexity index is 974. The average molecular weight is 348 g/mol. The van der Waals surface area contributed by atoms with E-state index < -0.39 is 5.97 Å². The minimum atomic E-state index is -0.971. The predicted molar refractivity (Wildman–Crippen MR) is 97.3 cm³/mol. The number of hydrogen-bond donors (Lipinski definition) is 2. The van der Waals surface area contributed by atoms with Crippen LogP contribution in [-0.4, -0.2) is 23.2 Å². The van der Waals surface area contributed by atoms with Crippen molar-refractivity contribution in [1.82, 2.24) is 5.43 Å². The van der Waals surface area contributed by atoms with Gasteiger partial charge in [-0.05, 0) is 48.9 Å². The van der Waals surface area contributed by atoms with E-state index in [4.69, 9.17) is 9.52 Å². The SMILES string of the molecule is Cc1cc(C(=O)O)ccc1-c1ccc(/C=N\NC(=O)c2ccccc2)o1. The molecule has 0 fully saturated rings. The largest absolute Gasteiger partial charge is 0.478 e. The van der Waals surface area contributed by atoms with Gasteiger partial charge in [0.1, 0.15) is 11.5 Å². The minimum absolute atomic E-state index is 0.225. The summed E-state index contributed by atoms with van der Waals surface area (Å²) in [7, 11) is 0. The second-order valence-corrected chi connectivity index (χ2v) is 5.60. The number of carboxylic acid groups (broad SMARTS) is 1. The summed E-state index contributed by atoms with van der Waals surface area (Å²) >= 11 is 0. The Morgan fingerprint density at radius 1 is 1.04 bits per heavy atom. The molecule has 0 radical (unpaired) electrons. The lowest BCUT2D eigenvalue weighted by atomic mass is 10.0. The molecule has 0 bridgehead atoms. The van der Waals surface area contributed by atoms with Gasteiger partial charge in [0.25, 0.3) is 5.91 Å². The van der Waals surface area contributed by atoms with E-state index in [0.29, 0.717) is 17.1 Å². The summed E-state index contributed by atoms with van der Waals surface area (Å²) in [5.74, 6) is -0.222. The number of furan rings is 1. The van der Waals surface area contributed by atoms with Gasteiger partial charge < -0.3 is 9.52 Å². The Kier molecular flexibility index (Phi) is 4.94. The van der Waals surface area contributed by atoms with Crippen LogP contribution in [0.5, 0.6) is 0 Å². The van der Waals surface area contributed by atoms with Crippen LogP contribution in [0.25, 0.3) is 11.3 Å². The van der Waals surface area contributed by atoms with Crippen LogP contribution in [-0.2, 0) is 0 Å². The van der Waals surface area contributed by atoms with Crippen molar-refractivity contribution in [3.63, 3.8) is 0 Å². The van der Waals surface area contributed by atoms with E-state index in [1.165, 1.54) is 12.3 Å². The fourth-order valence-corrected chi connectivity index (χ4v) is 2.45. The first-order valence-corrected chi connectivity index (χ1v) is 7.87. The Morgan fingerprint density at radius 3 is 2.50 bits per heavy atom. The fraction of sp³-hybridized carbons (Fsp3) is 0.0500. The molecule has 6 heteroatoms. The zero-order valence-electron chi connectivity index (χ0n) is 14.0. The molecule has 2 aromatic carbocycles. The number of amides is 1. The van der Waals surface area contributed by atoms with Crippen LogP contribution in [0.15, 0.2) is 70.2 Å². The second kappa shape index (κ2) is 7.48. The van der Waals surface area contributed by atoms with Crippen LogP contribution in [0.1, 0.15) is 32.0 Å². The maximum Gasteiger partial charge on any atom is 0.335 e. The monoisotopic (exact) mass is 348 g/mol. The molecule has 0 atom stereocenters. The van der Waals surface area contributed by atoms with E-state index >= 15 is 0 Å². The van der Waals surface area contributed by atoms with Gasteiger partial charge in [0.05, 0.1) is 11.8 Å². The number of aryl methyl sites for hydroxylation is 1. The predicted octanol–water partition coefficient (Wildman–Crippen LogP) is 3.72. The molecule has 3 rings (SSSR count). The lowest BCUT2D eigenvalue weighted by Crippen LogP contribution is -2.17. The zero-order chi connectivity index (χ0) is 18.5. The highest BCUT2D eigenvalue weighted by atomic mass is 16.4. The molecule has 130 valence electrons. The molecule has 0 aliphatic heterocycles. The highest BCUT2D eigenvalue weighted by molar-refractivity contribution is 5.94. The number of carbonyl (C=O) groups excluding carboxylic acids is 1. The Labute approximate surface area is 149 Å². The zero-order valence-corrected chi connectivity index (χ0v) is 14.0. The first kappa shape index (κ1) is 17.2. The van der Waals surface area contributed by atoms with E-state index in [2.05, 4.69) is 10.5 Å². The van der Waals surface area contributed by atoms with Crippen LogP contribution in [0.2, 0.25) is 0 Å². The van der Waals surface area contributed by atoms with Crippen LogP contribution < -0.4 is 5.43 Å². The van der Waals surface area contributed by atoms with Gasteiger partial charge in [0.2, 0.25) is 0 Å². The topological polar surface area (TPSA) is 91.9 Å². The number of nitrogens with zero attached hydrogens (tertiary/aromatic N) is 1. The molecule has 0 saturated heterocycles. The van der Waals surface area contributed by atoms with Crippen LogP contribution in [0.4, 0.5) is 0 Å². The number of hydrazone groups is 1. The lowest BCUT2D eigenvalue weighted by molar-refractivity contribution is 0.0696. The number of aromatic carboxylic acids is 1. The molecule has 1 aromatic heterocycles. The summed E-state index contributed by atoms with van der Waals surface area (Å²) in [6, 6.07) is 17.1. The Morgan fingerprint density at radius 2 is 1.81 bits per heavy atom. The van der Waals surface area contributed by atoms with Gasteiger partial charge in [-0.2, -0.15) is 5.10 Å². The van der Waals surface area contributed by atoms with Gasteiger partial charge in [-0.1, -0.05) is 24.3 Å². The third-order valence-electron chi connectivity index (χ3n) is 3.76. The molecule has 1 amide bonds. The number of hydrogen-bond acceptors (Lipinski definition) is 4. The first-order chi connectivity index (χ1) is 12.5. The average Bonchev–Trinajstić information content (AvgIpc) is 3.10. The second-order valence-electron chi connectivity index (χ2n) is 5.60. The van der Waals surface area contributed by atoms with Crippen LogP contribution in [0, 0.1) is 6.92 Å². The summed E-state index contributed by atoms with van der Waals surface area (Å²) in [5.41, 5.74) is 4.76. The minimum Gasteiger partial charge on any atom is -0.478 e. The normalized spacial score (nSPS) is 10.8. The van der Waals surface area contributed by atoms with Crippen LogP contribution in [0.3, 0.4) is 0 Å². The molecule has 6 nitrogen and oxygen atoms in total. The maximum atomic E-state index is 11.9. The van der Waals surface area contributed by atoms with Crippen molar-refractivity contribution in [2.24, 2.45) is 5.10 Å². The summed E-state index contributed by atoms with van der Waals surface area (Å²) in [6.07, 6.45) is 1.41. The molecule has 2 N–H and O–H groups in total. The maximum absolute atomic E-state index is 11.9. The van der Waals surface area contributed by atoms with E-state index in [0.717, 1.165) is 11.1 Å². The van der Waals surface area contributed by atoms with Gasteiger partial charge >= 0.3 is 5.97 Å². The van der Waals surface area contributed by atoms with Crippen molar-refractivity contribution in [3.8, 4) is 11.3 Å². The number of carbonyl (C=O) groups is 2. The molecule has 0 saturated carbocycles. The molecule has 3 aromatic rings. The van der Waals surface area contributed by atoms with Crippen molar-refractivity contribution >= 4 is 18.1 Å². The van der Waals surface area contributed by atoms with Crippen molar-refractivity contribution in [1.29, 1.82) is 0 Å². The van der Waals surface area contributed by atoms with E-state index in [1.54, 1.807) is 48.5 Å². The summed E-state index contributed by atoms with van der Waals surface area (Å²) in [5, 5.41) is 12.9. The Hall–Kier alpha value is -3.67. The number of benzene rings is 2. The highest BCUT2D eigenvalue weighted by Crippen LogP contribution is 2.26. The number of nitrogens with one attached hydrogen (secondary N) is 1. The van der Waals surface area contributed by atoms with Crippen molar-refractivity contribution in [3.05, 3.63) is 83.1 Å². The van der Waals surface area contributed by atoms with Gasteiger partial charge in [-0.15, -0.1) is 0 Å².